The number of methoxy groups -OCH3 is 2. The summed E-state index contributed by atoms with van der Waals surface area (Å²) in [6, 6.07) is 15.5. The summed E-state index contributed by atoms with van der Waals surface area (Å²) in [5.74, 6) is 1.36. The smallest absolute Gasteiger partial charge is 0.286 e. The molecule has 0 unspecified atom stereocenters. The molecule has 152 valence electrons. The molecule has 0 saturated heterocycles. The van der Waals surface area contributed by atoms with Crippen LogP contribution in [-0.4, -0.2) is 36.8 Å². The number of rotatable bonds is 6. The Kier molecular flexibility index (Phi) is 5.99. The van der Waals surface area contributed by atoms with Crippen molar-refractivity contribution in [2.45, 2.75) is 6.42 Å². The normalized spacial score (nSPS) is 14.8. The fourth-order valence-electron chi connectivity index (χ4n) is 3.20. The molecule has 30 heavy (non-hydrogen) atoms. The quantitative estimate of drug-likeness (QED) is 0.608. The molecule has 0 atom stereocenters. The highest BCUT2D eigenvalue weighted by atomic mass is 32.2. The van der Waals surface area contributed by atoms with Gasteiger partial charge in [-0.3, -0.25) is 9.78 Å². The number of aliphatic imine (C=N–C) groups is 1. The van der Waals surface area contributed by atoms with E-state index in [0.717, 1.165) is 33.5 Å². The summed E-state index contributed by atoms with van der Waals surface area (Å²) in [6.45, 7) is 0.623. The van der Waals surface area contributed by atoms with Gasteiger partial charge in [0.1, 0.15) is 11.5 Å². The fourth-order valence-corrected chi connectivity index (χ4v) is 4.04. The molecule has 2 heterocycles. The van der Waals surface area contributed by atoms with Crippen molar-refractivity contribution in [2.75, 3.05) is 20.8 Å². The third kappa shape index (κ3) is 4.46. The number of amidine groups is 1. The number of pyridine rings is 1. The lowest BCUT2D eigenvalue weighted by atomic mass is 10.1. The summed E-state index contributed by atoms with van der Waals surface area (Å²) in [7, 11) is 3.29. The van der Waals surface area contributed by atoms with Crippen molar-refractivity contribution in [1.29, 1.82) is 0 Å². The number of benzene rings is 2. The van der Waals surface area contributed by atoms with E-state index in [-0.39, 0.29) is 5.91 Å². The van der Waals surface area contributed by atoms with Crippen molar-refractivity contribution in [3.05, 3.63) is 70.8 Å². The minimum atomic E-state index is -0.229. The largest absolute Gasteiger partial charge is 0.497 e. The Morgan fingerprint density at radius 1 is 1.10 bits per heavy atom. The highest BCUT2D eigenvalue weighted by Crippen LogP contribution is 2.29. The standard InChI is InChI=1S/C23H21N3O3S/c1-28-18-6-8-20(29-2)17(14-18)9-11-25-23-26-22(27)21(30-23)13-15-5-7-19-16(12-15)4-3-10-24-19/h3-8,10,12-14H,9,11H2,1-2H3,(H,25,26,27)/b21-13-. The number of nitrogens with one attached hydrogen (secondary N) is 1. The molecule has 6 nitrogen and oxygen atoms in total. The number of carbonyl (C=O) groups excluding carboxylic acids is 1. The van der Waals surface area contributed by atoms with Crippen LogP contribution in [0.3, 0.4) is 0 Å². The molecule has 1 aliphatic heterocycles. The lowest BCUT2D eigenvalue weighted by molar-refractivity contribution is -0.113. The zero-order valence-electron chi connectivity index (χ0n) is 16.7. The summed E-state index contributed by atoms with van der Waals surface area (Å²) in [6.07, 6.45) is 4.34. The van der Waals surface area contributed by atoms with Crippen LogP contribution < -0.4 is 14.8 Å². The van der Waals surface area contributed by atoms with Gasteiger partial charge in [0, 0.05) is 18.1 Å². The molecule has 0 fully saturated rings. The summed E-state index contributed by atoms with van der Waals surface area (Å²) >= 11 is 1.35. The van der Waals surface area contributed by atoms with E-state index >= 15 is 0 Å². The molecule has 2 aromatic carbocycles. The topological polar surface area (TPSA) is 72.8 Å². The molecular weight excluding hydrogens is 398 g/mol. The van der Waals surface area contributed by atoms with Crippen LogP contribution in [0.15, 0.2) is 64.6 Å². The minimum Gasteiger partial charge on any atom is -0.497 e. The summed E-state index contributed by atoms with van der Waals surface area (Å²) in [5.41, 5.74) is 2.90. The molecule has 4 rings (SSSR count). The van der Waals surface area contributed by atoms with Gasteiger partial charge in [0.05, 0.1) is 24.6 Å². The molecule has 0 spiro atoms. The fraction of sp³-hybridized carbons (Fsp3) is 0.174. The molecule has 0 radical (unpaired) electrons. The van der Waals surface area contributed by atoms with Gasteiger partial charge >= 0.3 is 0 Å². The lowest BCUT2D eigenvalue weighted by Crippen LogP contribution is -2.21. The van der Waals surface area contributed by atoms with Crippen LogP contribution in [0.5, 0.6) is 11.5 Å². The van der Waals surface area contributed by atoms with Crippen LogP contribution in [0, 0.1) is 0 Å². The number of ether oxygens (including phenoxy) is 2. The Morgan fingerprint density at radius 3 is 2.83 bits per heavy atom. The van der Waals surface area contributed by atoms with E-state index < -0.39 is 0 Å². The molecule has 1 aromatic heterocycles. The Morgan fingerprint density at radius 2 is 2.00 bits per heavy atom. The van der Waals surface area contributed by atoms with Gasteiger partial charge in [0.15, 0.2) is 5.17 Å². The second-order valence-corrected chi connectivity index (χ2v) is 7.67. The number of carbonyl (C=O) groups is 1. The first kappa shape index (κ1) is 20.0. The summed E-state index contributed by atoms with van der Waals surface area (Å²) in [4.78, 5) is 21.4. The number of amides is 1. The van der Waals surface area contributed by atoms with Gasteiger partial charge in [-0.2, -0.15) is 4.99 Å². The molecule has 1 aliphatic rings. The summed E-state index contributed by atoms with van der Waals surface area (Å²) in [5, 5.41) is 4.88. The van der Waals surface area contributed by atoms with E-state index in [1.165, 1.54) is 11.8 Å². The molecule has 0 bridgehead atoms. The first-order valence-corrected chi connectivity index (χ1v) is 10.3. The Hall–Kier alpha value is -3.32. The van der Waals surface area contributed by atoms with Crippen molar-refractivity contribution in [1.82, 2.24) is 10.3 Å². The van der Waals surface area contributed by atoms with E-state index in [1.54, 1.807) is 20.4 Å². The zero-order valence-corrected chi connectivity index (χ0v) is 17.5. The number of nitrogens with zero attached hydrogens (tertiary/aromatic N) is 2. The van der Waals surface area contributed by atoms with E-state index in [2.05, 4.69) is 15.3 Å². The molecule has 0 aliphatic carbocycles. The maximum absolute atomic E-state index is 12.3. The Labute approximate surface area is 179 Å². The number of fused-ring (bicyclic) bond motifs is 1. The van der Waals surface area contributed by atoms with Crippen LogP contribution in [0.25, 0.3) is 17.0 Å². The SMILES string of the molecule is COc1ccc(OC)c(CCNC2=NC(=O)/C(=C/c3ccc4ncccc4c3)S2)c1. The first-order valence-electron chi connectivity index (χ1n) is 9.48. The number of hydrogen-bond acceptors (Lipinski definition) is 6. The molecule has 1 N–H and O–H groups in total. The minimum absolute atomic E-state index is 0.229. The molecule has 3 aromatic rings. The highest BCUT2D eigenvalue weighted by Gasteiger charge is 2.21. The van der Waals surface area contributed by atoms with E-state index in [9.17, 15) is 4.79 Å². The highest BCUT2D eigenvalue weighted by molar-refractivity contribution is 8.18. The van der Waals surface area contributed by atoms with Gasteiger partial charge in [-0.25, -0.2) is 0 Å². The number of aromatic nitrogens is 1. The van der Waals surface area contributed by atoms with E-state index in [0.29, 0.717) is 23.0 Å². The average molecular weight is 420 g/mol. The predicted octanol–water partition coefficient (Wildman–Crippen LogP) is 4.05. The van der Waals surface area contributed by atoms with Crippen molar-refractivity contribution < 1.29 is 14.3 Å². The second kappa shape index (κ2) is 9.00. The van der Waals surface area contributed by atoms with Crippen LogP contribution in [-0.2, 0) is 11.2 Å². The molecule has 0 saturated carbocycles. The van der Waals surface area contributed by atoms with Gasteiger partial charge in [-0.05, 0) is 71.8 Å². The predicted molar refractivity (Wildman–Crippen MR) is 121 cm³/mol. The van der Waals surface area contributed by atoms with E-state index in [1.807, 2.05) is 54.6 Å². The Bertz CT molecular complexity index is 1160. The van der Waals surface area contributed by atoms with Crippen molar-refractivity contribution in [3.63, 3.8) is 0 Å². The first-order chi connectivity index (χ1) is 14.7. The molecular formula is C23H21N3O3S. The van der Waals surface area contributed by atoms with Gasteiger partial charge in [0.25, 0.3) is 5.91 Å². The molecule has 1 amide bonds. The van der Waals surface area contributed by atoms with Crippen molar-refractivity contribution in [2.24, 2.45) is 4.99 Å². The Balaban J connectivity index is 1.40. The van der Waals surface area contributed by atoms with Gasteiger partial charge in [0.2, 0.25) is 0 Å². The van der Waals surface area contributed by atoms with Crippen molar-refractivity contribution >= 4 is 39.8 Å². The van der Waals surface area contributed by atoms with Gasteiger partial charge < -0.3 is 14.8 Å². The second-order valence-electron chi connectivity index (χ2n) is 6.64. The average Bonchev–Trinajstić information content (AvgIpc) is 3.12. The third-order valence-electron chi connectivity index (χ3n) is 4.70. The van der Waals surface area contributed by atoms with Gasteiger partial charge in [-0.15, -0.1) is 0 Å². The van der Waals surface area contributed by atoms with Crippen LogP contribution in [0.2, 0.25) is 0 Å². The van der Waals surface area contributed by atoms with Crippen LogP contribution >= 0.6 is 11.8 Å². The van der Waals surface area contributed by atoms with Gasteiger partial charge in [-0.1, -0.05) is 12.1 Å². The summed E-state index contributed by atoms with van der Waals surface area (Å²) < 4.78 is 10.7. The monoisotopic (exact) mass is 419 g/mol. The number of hydrogen-bond donors (Lipinski definition) is 1. The van der Waals surface area contributed by atoms with Crippen LogP contribution in [0.4, 0.5) is 0 Å². The zero-order chi connectivity index (χ0) is 20.9. The third-order valence-corrected chi connectivity index (χ3v) is 5.64. The van der Waals surface area contributed by atoms with Crippen LogP contribution in [0.1, 0.15) is 11.1 Å². The lowest BCUT2D eigenvalue weighted by Gasteiger charge is -2.11. The van der Waals surface area contributed by atoms with E-state index in [4.69, 9.17) is 9.47 Å². The maximum atomic E-state index is 12.3. The molecule has 7 heteroatoms. The number of thioether (sulfide) groups is 1. The van der Waals surface area contributed by atoms with Crippen molar-refractivity contribution in [3.8, 4) is 11.5 Å². The maximum Gasteiger partial charge on any atom is 0.286 e.